The van der Waals surface area contributed by atoms with Crippen LogP contribution in [-0.2, 0) is 0 Å². The smallest absolute Gasteiger partial charge is 0.271 e. The Morgan fingerprint density at radius 3 is 2.62 bits per heavy atom. The maximum Gasteiger partial charge on any atom is 0.271 e. The molecule has 24 heavy (non-hydrogen) atoms. The fourth-order valence-corrected chi connectivity index (χ4v) is 2.68. The largest absolute Gasteiger partial charge is 0.492 e. The second kappa shape index (κ2) is 8.49. The molecule has 0 aliphatic rings. The van der Waals surface area contributed by atoms with Crippen molar-refractivity contribution in [2.75, 3.05) is 13.7 Å². The molecule has 126 valence electrons. The van der Waals surface area contributed by atoms with Gasteiger partial charge in [-0.05, 0) is 59.6 Å². The maximum atomic E-state index is 12.0. The number of aryl methyl sites for hydroxylation is 1. The molecule has 6 heteroatoms. The van der Waals surface area contributed by atoms with Crippen molar-refractivity contribution >= 4 is 28.1 Å². The van der Waals surface area contributed by atoms with Crippen LogP contribution in [0.4, 0.5) is 0 Å². The number of ether oxygens (including phenoxy) is 2. The third-order valence-corrected chi connectivity index (χ3v) is 3.82. The molecule has 0 aromatic heterocycles. The Bertz CT molecular complexity index is 743. The van der Waals surface area contributed by atoms with Crippen LogP contribution in [0.25, 0.3) is 0 Å². The van der Waals surface area contributed by atoms with Gasteiger partial charge < -0.3 is 9.47 Å². The topological polar surface area (TPSA) is 59.9 Å². The first-order valence-corrected chi connectivity index (χ1v) is 8.24. The summed E-state index contributed by atoms with van der Waals surface area (Å²) in [5, 5.41) is 4.00. The summed E-state index contributed by atoms with van der Waals surface area (Å²) in [5.74, 6) is 0.974. The average molecular weight is 391 g/mol. The Kier molecular flexibility index (Phi) is 6.37. The van der Waals surface area contributed by atoms with Gasteiger partial charge in [0.2, 0.25) is 0 Å². The van der Waals surface area contributed by atoms with Crippen LogP contribution in [-0.4, -0.2) is 25.8 Å². The summed E-state index contributed by atoms with van der Waals surface area (Å²) in [4.78, 5) is 12.0. The van der Waals surface area contributed by atoms with Crippen LogP contribution in [0.5, 0.6) is 11.5 Å². The van der Waals surface area contributed by atoms with E-state index in [1.54, 1.807) is 31.5 Å². The third kappa shape index (κ3) is 4.58. The first kappa shape index (κ1) is 18.0. The Morgan fingerprint density at radius 1 is 1.29 bits per heavy atom. The van der Waals surface area contributed by atoms with E-state index in [0.29, 0.717) is 23.7 Å². The SMILES string of the molecule is CCOc1cc(/C=N\NC(=O)c2ccc(C)cc2)cc(Br)c1OC. The van der Waals surface area contributed by atoms with E-state index in [4.69, 9.17) is 9.47 Å². The minimum absolute atomic E-state index is 0.260. The van der Waals surface area contributed by atoms with E-state index in [1.807, 2.05) is 32.0 Å². The normalized spacial score (nSPS) is 10.7. The average Bonchev–Trinajstić information content (AvgIpc) is 2.55. The van der Waals surface area contributed by atoms with Gasteiger partial charge in [0.05, 0.1) is 24.4 Å². The number of nitrogens with zero attached hydrogens (tertiary/aromatic N) is 1. The van der Waals surface area contributed by atoms with Crippen molar-refractivity contribution in [2.45, 2.75) is 13.8 Å². The van der Waals surface area contributed by atoms with Crippen LogP contribution in [0.1, 0.15) is 28.4 Å². The third-order valence-electron chi connectivity index (χ3n) is 3.23. The molecular formula is C18H19BrN2O3. The van der Waals surface area contributed by atoms with Gasteiger partial charge in [-0.2, -0.15) is 5.10 Å². The summed E-state index contributed by atoms with van der Waals surface area (Å²) in [6, 6.07) is 10.9. The van der Waals surface area contributed by atoms with Crippen LogP contribution >= 0.6 is 15.9 Å². The number of amides is 1. The van der Waals surface area contributed by atoms with Crippen LogP contribution in [0.2, 0.25) is 0 Å². The van der Waals surface area contributed by atoms with Gasteiger partial charge in [-0.15, -0.1) is 0 Å². The molecule has 2 aromatic rings. The summed E-state index contributed by atoms with van der Waals surface area (Å²) in [6.45, 7) is 4.39. The molecule has 1 N–H and O–H groups in total. The number of rotatable bonds is 6. The quantitative estimate of drug-likeness (QED) is 0.600. The molecule has 0 saturated carbocycles. The van der Waals surface area contributed by atoms with Crippen LogP contribution < -0.4 is 14.9 Å². The van der Waals surface area contributed by atoms with Crippen molar-refractivity contribution in [3.63, 3.8) is 0 Å². The highest BCUT2D eigenvalue weighted by Gasteiger charge is 2.10. The lowest BCUT2D eigenvalue weighted by molar-refractivity contribution is 0.0955. The summed E-state index contributed by atoms with van der Waals surface area (Å²) in [6.07, 6.45) is 1.55. The number of carbonyl (C=O) groups excluding carboxylic acids is 1. The van der Waals surface area contributed by atoms with Crippen molar-refractivity contribution in [3.05, 3.63) is 57.6 Å². The number of hydrazone groups is 1. The van der Waals surface area contributed by atoms with Gasteiger partial charge >= 0.3 is 0 Å². The number of halogens is 1. The lowest BCUT2D eigenvalue weighted by Crippen LogP contribution is -2.17. The standard InChI is InChI=1S/C18H19BrN2O3/c1-4-24-16-10-13(9-15(19)17(16)23-3)11-20-21-18(22)14-7-5-12(2)6-8-14/h5-11H,4H2,1-3H3,(H,21,22)/b20-11-. The lowest BCUT2D eigenvalue weighted by atomic mass is 10.1. The van der Waals surface area contributed by atoms with E-state index in [1.165, 1.54) is 0 Å². The van der Waals surface area contributed by atoms with E-state index >= 15 is 0 Å². The Hall–Kier alpha value is -2.34. The molecule has 0 fully saturated rings. The number of hydrogen-bond acceptors (Lipinski definition) is 4. The summed E-state index contributed by atoms with van der Waals surface area (Å²) >= 11 is 3.44. The zero-order valence-electron chi connectivity index (χ0n) is 13.8. The molecule has 0 spiro atoms. The van der Waals surface area contributed by atoms with Gasteiger partial charge in [-0.1, -0.05) is 17.7 Å². The van der Waals surface area contributed by atoms with Gasteiger partial charge in [0.25, 0.3) is 5.91 Å². The van der Waals surface area contributed by atoms with Crippen molar-refractivity contribution in [2.24, 2.45) is 5.10 Å². The fourth-order valence-electron chi connectivity index (χ4n) is 2.06. The molecule has 5 nitrogen and oxygen atoms in total. The van der Waals surface area contributed by atoms with E-state index in [0.717, 1.165) is 15.6 Å². The van der Waals surface area contributed by atoms with E-state index in [2.05, 4.69) is 26.5 Å². The molecule has 0 aliphatic carbocycles. The Labute approximate surface area is 149 Å². The van der Waals surface area contributed by atoms with Gasteiger partial charge in [-0.3, -0.25) is 4.79 Å². The Balaban J connectivity index is 2.11. The zero-order valence-corrected chi connectivity index (χ0v) is 15.4. The summed E-state index contributed by atoms with van der Waals surface area (Å²) in [7, 11) is 1.58. The summed E-state index contributed by atoms with van der Waals surface area (Å²) < 4.78 is 11.6. The highest BCUT2D eigenvalue weighted by atomic mass is 79.9. The molecule has 0 heterocycles. The number of benzene rings is 2. The number of carbonyl (C=O) groups is 1. The molecule has 0 atom stereocenters. The zero-order chi connectivity index (χ0) is 17.5. The number of nitrogens with one attached hydrogen (secondary N) is 1. The van der Waals surface area contributed by atoms with Gasteiger partial charge in [0.1, 0.15) is 0 Å². The monoisotopic (exact) mass is 390 g/mol. The molecule has 0 unspecified atom stereocenters. The fraction of sp³-hybridized carbons (Fsp3) is 0.222. The first-order chi connectivity index (χ1) is 11.5. The van der Waals surface area contributed by atoms with Gasteiger partial charge in [0.15, 0.2) is 11.5 Å². The second-order valence-corrected chi connectivity index (χ2v) is 5.89. The molecule has 1 amide bonds. The maximum absolute atomic E-state index is 12.0. The van der Waals surface area contributed by atoms with Gasteiger partial charge in [0, 0.05) is 5.56 Å². The second-order valence-electron chi connectivity index (χ2n) is 5.03. The number of methoxy groups -OCH3 is 1. The molecule has 0 aliphatic heterocycles. The minimum atomic E-state index is -0.260. The molecular weight excluding hydrogens is 372 g/mol. The van der Waals surface area contributed by atoms with Crippen molar-refractivity contribution in [1.29, 1.82) is 0 Å². The van der Waals surface area contributed by atoms with Crippen molar-refractivity contribution < 1.29 is 14.3 Å². The minimum Gasteiger partial charge on any atom is -0.492 e. The molecule has 0 bridgehead atoms. The van der Waals surface area contributed by atoms with E-state index < -0.39 is 0 Å². The van der Waals surface area contributed by atoms with Crippen LogP contribution in [0.15, 0.2) is 46.0 Å². The summed E-state index contributed by atoms with van der Waals surface area (Å²) in [5.41, 5.74) is 4.94. The molecule has 0 saturated heterocycles. The first-order valence-electron chi connectivity index (χ1n) is 7.45. The van der Waals surface area contributed by atoms with E-state index in [9.17, 15) is 4.79 Å². The lowest BCUT2D eigenvalue weighted by Gasteiger charge is -2.11. The number of hydrogen-bond donors (Lipinski definition) is 1. The van der Waals surface area contributed by atoms with Crippen molar-refractivity contribution in [1.82, 2.24) is 5.43 Å². The van der Waals surface area contributed by atoms with Crippen LogP contribution in [0.3, 0.4) is 0 Å². The predicted octanol–water partition coefficient (Wildman–Crippen LogP) is 3.93. The highest BCUT2D eigenvalue weighted by Crippen LogP contribution is 2.36. The van der Waals surface area contributed by atoms with E-state index in [-0.39, 0.29) is 5.91 Å². The van der Waals surface area contributed by atoms with Crippen LogP contribution in [0, 0.1) is 6.92 Å². The van der Waals surface area contributed by atoms with Gasteiger partial charge in [-0.25, -0.2) is 5.43 Å². The predicted molar refractivity (Wildman–Crippen MR) is 98.1 cm³/mol. The Morgan fingerprint density at radius 2 is 2.00 bits per heavy atom. The van der Waals surface area contributed by atoms with Crippen molar-refractivity contribution in [3.8, 4) is 11.5 Å². The highest BCUT2D eigenvalue weighted by molar-refractivity contribution is 9.10. The molecule has 2 rings (SSSR count). The molecule has 0 radical (unpaired) electrons. The molecule has 2 aromatic carbocycles.